The van der Waals surface area contributed by atoms with Gasteiger partial charge in [0, 0.05) is 29.9 Å². The monoisotopic (exact) mass is 1010 g/mol. The normalized spacial score (nSPS) is 17.7. The molecule has 3 aliphatic rings. The maximum absolute atomic E-state index is 14.8. The van der Waals surface area contributed by atoms with Crippen LogP contribution in [0.25, 0.3) is 0 Å². The van der Waals surface area contributed by atoms with Gasteiger partial charge in [-0.05, 0) is 60.6 Å². The van der Waals surface area contributed by atoms with E-state index >= 15 is 0 Å². The Labute approximate surface area is 426 Å². The molecule has 0 radical (unpaired) electrons. The van der Waals surface area contributed by atoms with Gasteiger partial charge in [0.15, 0.2) is 16.9 Å². The Kier molecular flexibility index (Phi) is 14.6. The number of β-lactam (4-membered cyclic amide) rings is 1. The van der Waals surface area contributed by atoms with E-state index < -0.39 is 58.0 Å². The number of halogens is 1. The maximum atomic E-state index is 14.8. The lowest BCUT2D eigenvalue weighted by Gasteiger charge is -2.49. The number of hydrogen-bond acceptors (Lipinski definition) is 12. The molecule has 5 aromatic carbocycles. The van der Waals surface area contributed by atoms with Crippen LogP contribution in [-0.2, 0) is 39.0 Å². The van der Waals surface area contributed by atoms with Gasteiger partial charge in [-0.15, -0.1) is 34.7 Å². The van der Waals surface area contributed by atoms with Gasteiger partial charge in [-0.25, -0.2) is 14.6 Å². The molecule has 362 valence electrons. The third kappa shape index (κ3) is 10.3. The maximum Gasteiger partial charge on any atom is 0.356 e. The van der Waals surface area contributed by atoms with Crippen molar-refractivity contribution in [3.8, 4) is 0 Å². The van der Waals surface area contributed by atoms with E-state index in [1.807, 2.05) is 115 Å². The Morgan fingerprint density at radius 2 is 1.37 bits per heavy atom. The molecule has 2 N–H and O–H groups in total. The summed E-state index contributed by atoms with van der Waals surface area (Å²) in [5, 5.41) is 12.5. The second kappa shape index (κ2) is 21.2. The molecule has 6 aromatic rings. The molecule has 71 heavy (non-hydrogen) atoms. The number of alkyl halides is 1. The summed E-state index contributed by atoms with van der Waals surface area (Å²) in [4.78, 5) is 69.9. The topological polar surface area (TPSA) is 149 Å². The van der Waals surface area contributed by atoms with E-state index in [1.165, 1.54) is 28.0 Å². The molecule has 12 nitrogen and oxygen atoms in total. The lowest BCUT2D eigenvalue weighted by molar-refractivity contribution is -0.196. The molecular formula is C56H52ClN5O7S2. The summed E-state index contributed by atoms with van der Waals surface area (Å²) in [7, 11) is 0. The van der Waals surface area contributed by atoms with Crippen molar-refractivity contribution in [2.75, 3.05) is 16.9 Å². The second-order valence-corrected chi connectivity index (χ2v) is 20.6. The summed E-state index contributed by atoms with van der Waals surface area (Å²) in [6.07, 6.45) is 4.00. The molecule has 1 saturated carbocycles. The Bertz CT molecular complexity index is 2830. The molecule has 1 saturated heterocycles. The van der Waals surface area contributed by atoms with Gasteiger partial charge in [0.1, 0.15) is 33.9 Å². The first kappa shape index (κ1) is 49.0. The Balaban J connectivity index is 1.04. The van der Waals surface area contributed by atoms with Crippen LogP contribution < -0.4 is 10.6 Å². The van der Waals surface area contributed by atoms with Gasteiger partial charge >= 0.3 is 11.9 Å². The lowest BCUT2D eigenvalue weighted by atomic mass is 9.77. The highest BCUT2D eigenvalue weighted by Crippen LogP contribution is 2.44. The van der Waals surface area contributed by atoms with Crippen molar-refractivity contribution in [3.05, 3.63) is 214 Å². The zero-order valence-electron chi connectivity index (χ0n) is 39.3. The van der Waals surface area contributed by atoms with Crippen molar-refractivity contribution in [1.82, 2.24) is 15.2 Å². The van der Waals surface area contributed by atoms with Crippen LogP contribution in [0, 0.1) is 0 Å². The highest BCUT2D eigenvalue weighted by atomic mass is 35.5. The van der Waals surface area contributed by atoms with Gasteiger partial charge in [-0.3, -0.25) is 14.5 Å². The van der Waals surface area contributed by atoms with Crippen LogP contribution in [0.1, 0.15) is 79.6 Å². The molecule has 9 rings (SSSR count). The first-order valence-corrected chi connectivity index (χ1v) is 25.8. The van der Waals surface area contributed by atoms with Gasteiger partial charge in [0.25, 0.3) is 11.8 Å². The molecule has 0 spiro atoms. The number of nitrogens with one attached hydrogen (secondary N) is 2. The van der Waals surface area contributed by atoms with Crippen molar-refractivity contribution in [1.29, 1.82) is 0 Å². The number of allylic oxidation sites excluding steroid dienone is 2. The fraction of sp³-hybridized carbons (Fsp3) is 0.250. The number of thioether (sulfide) groups is 1. The van der Waals surface area contributed by atoms with Gasteiger partial charge in [-0.1, -0.05) is 169 Å². The Hall–Kier alpha value is -7.00. The molecule has 2 atom stereocenters. The van der Waals surface area contributed by atoms with Crippen LogP contribution in [0.3, 0.4) is 0 Å². The minimum atomic E-state index is -1.42. The first-order chi connectivity index (χ1) is 34.4. The number of carbonyl (C=O) groups is 4. The van der Waals surface area contributed by atoms with Crippen molar-refractivity contribution in [3.63, 3.8) is 0 Å². The quantitative estimate of drug-likeness (QED) is 0.0226. The molecule has 3 heterocycles. The lowest BCUT2D eigenvalue weighted by Crippen LogP contribution is -2.71. The number of ether oxygens (including phenoxy) is 2. The van der Waals surface area contributed by atoms with Crippen LogP contribution in [-0.4, -0.2) is 73.6 Å². The zero-order valence-corrected chi connectivity index (χ0v) is 41.7. The van der Waals surface area contributed by atoms with E-state index in [9.17, 15) is 19.2 Å². The molecule has 2 amide bonds. The summed E-state index contributed by atoms with van der Waals surface area (Å²) in [6.45, 7) is 5.32. The summed E-state index contributed by atoms with van der Waals surface area (Å²) < 4.78 is 12.1. The van der Waals surface area contributed by atoms with Gasteiger partial charge in [0.05, 0.1) is 0 Å². The highest BCUT2D eigenvalue weighted by Gasteiger charge is 2.55. The minimum absolute atomic E-state index is 0.0675. The van der Waals surface area contributed by atoms with E-state index in [2.05, 4.69) is 52.2 Å². The van der Waals surface area contributed by atoms with Crippen LogP contribution >= 0.6 is 34.7 Å². The van der Waals surface area contributed by atoms with E-state index in [-0.39, 0.29) is 23.0 Å². The molecule has 1 aliphatic carbocycles. The molecule has 1 unspecified atom stereocenters. The van der Waals surface area contributed by atoms with E-state index in [0.29, 0.717) is 35.7 Å². The van der Waals surface area contributed by atoms with E-state index in [0.717, 1.165) is 27.8 Å². The van der Waals surface area contributed by atoms with Crippen molar-refractivity contribution >= 4 is 69.3 Å². The number of carbonyl (C=O) groups excluding carboxylic acids is 4. The fourth-order valence-corrected chi connectivity index (χ4v) is 11.0. The van der Waals surface area contributed by atoms with Crippen LogP contribution in [0.2, 0.25) is 0 Å². The molecule has 0 bridgehead atoms. The summed E-state index contributed by atoms with van der Waals surface area (Å²) >= 11 is 8.72. The predicted octanol–water partition coefficient (Wildman–Crippen LogP) is 10.3. The van der Waals surface area contributed by atoms with E-state index in [4.69, 9.17) is 30.9 Å². The van der Waals surface area contributed by atoms with Gasteiger partial charge < -0.3 is 24.9 Å². The second-order valence-electron chi connectivity index (χ2n) is 18.3. The number of aromatic nitrogens is 1. The molecule has 15 heteroatoms. The van der Waals surface area contributed by atoms with Crippen LogP contribution in [0.4, 0.5) is 5.13 Å². The Morgan fingerprint density at radius 3 is 1.86 bits per heavy atom. The predicted molar refractivity (Wildman–Crippen MR) is 278 cm³/mol. The summed E-state index contributed by atoms with van der Waals surface area (Å²) in [5.74, 6) is -2.09. The number of hydrogen-bond donors (Lipinski definition) is 2. The summed E-state index contributed by atoms with van der Waals surface area (Å²) in [5.41, 5.74) is 1.68. The SMILES string of the molecule is CC(C)(C)OC(=O)C1(O/N=C(\C(=O)NC2C(=O)N3C(C(=O)OC(c4ccccc4)c4ccccc4)=C(C=CCCl)CS[C@H]23)c2csc(NC(c3ccccc3)(c3ccccc3)c3ccccc3)n2)CCC1. The number of amides is 2. The summed E-state index contributed by atoms with van der Waals surface area (Å²) in [6, 6.07) is 47.8. The van der Waals surface area contributed by atoms with Crippen molar-refractivity contribution < 1.29 is 33.5 Å². The molecule has 1 aromatic heterocycles. The number of nitrogens with zero attached hydrogens (tertiary/aromatic N) is 3. The van der Waals surface area contributed by atoms with Crippen molar-refractivity contribution in [2.45, 2.75) is 74.3 Å². The fourth-order valence-electron chi connectivity index (χ4n) is 8.82. The average Bonchev–Trinajstić information content (AvgIpc) is 3.84. The van der Waals surface area contributed by atoms with Gasteiger partial charge in [0.2, 0.25) is 5.60 Å². The third-order valence-corrected chi connectivity index (χ3v) is 14.7. The van der Waals surface area contributed by atoms with Crippen LogP contribution in [0.5, 0.6) is 0 Å². The number of fused-ring (bicyclic) bond motifs is 1. The number of anilines is 1. The number of rotatable bonds is 17. The molecule has 2 aliphatic heterocycles. The minimum Gasteiger partial charge on any atom is -0.457 e. The number of esters is 2. The van der Waals surface area contributed by atoms with Crippen LogP contribution in [0.15, 0.2) is 186 Å². The number of benzene rings is 5. The highest BCUT2D eigenvalue weighted by molar-refractivity contribution is 8.00. The number of thiazole rings is 1. The average molecular weight is 1010 g/mol. The first-order valence-electron chi connectivity index (χ1n) is 23.3. The van der Waals surface area contributed by atoms with Gasteiger partial charge in [-0.2, -0.15) is 0 Å². The largest absolute Gasteiger partial charge is 0.457 e. The molecular weight excluding hydrogens is 954 g/mol. The Morgan fingerprint density at radius 1 is 0.831 bits per heavy atom. The molecule has 2 fully saturated rings. The third-order valence-electron chi connectivity index (χ3n) is 12.4. The zero-order chi connectivity index (χ0) is 49.6. The smallest absolute Gasteiger partial charge is 0.356 e. The standard InChI is InChI=1S/C56H52ClN5O7S2/c1-54(2,3)68-52(66)55(32-20-33-55)69-61-44(43-36-71-53(58-43)60-56(40-26-13-6-14-27-40,41-28-15-7-16-29-41)42-30-17-8-18-31-42)48(63)59-45-49(64)62-46(39(25-19-34-57)35-70-50(45)62)51(65)67-47(37-21-9-4-10-22-37)38-23-11-5-12-24-38/h4-19,21-31,36,45,47,50H,20,32-35H2,1-3H3,(H,58,60)(H,59,63)/b25-19?,61-44-/t45?,50-/m1/s1. The van der Waals surface area contributed by atoms with Crippen molar-refractivity contribution in [2.24, 2.45) is 5.16 Å². The number of oxime groups is 1. The van der Waals surface area contributed by atoms with E-state index in [1.54, 1.807) is 38.3 Å².